The second kappa shape index (κ2) is 5.27. The summed E-state index contributed by atoms with van der Waals surface area (Å²) in [7, 11) is 2.86. The summed E-state index contributed by atoms with van der Waals surface area (Å²) < 4.78 is 10.1. The summed E-state index contributed by atoms with van der Waals surface area (Å²) in [6, 6.07) is 2.94. The van der Waals surface area contributed by atoms with Crippen LogP contribution in [-0.2, 0) is 0 Å². The summed E-state index contributed by atoms with van der Waals surface area (Å²) in [5.74, 6) is 0.388. The van der Waals surface area contributed by atoms with Gasteiger partial charge in [-0.3, -0.25) is 9.59 Å². The van der Waals surface area contributed by atoms with Crippen molar-refractivity contribution in [2.75, 3.05) is 20.8 Å². The molecule has 0 saturated heterocycles. The Labute approximate surface area is 93.1 Å². The van der Waals surface area contributed by atoms with E-state index in [4.69, 9.17) is 15.2 Å². The van der Waals surface area contributed by atoms with Crippen molar-refractivity contribution >= 4 is 12.1 Å². The molecule has 0 aromatic heterocycles. The number of rotatable bonds is 5. The molecular weight excluding hydrogens is 210 g/mol. The van der Waals surface area contributed by atoms with Crippen molar-refractivity contribution in [3.63, 3.8) is 0 Å². The molecule has 86 valence electrons. The van der Waals surface area contributed by atoms with E-state index in [1.54, 1.807) is 0 Å². The molecule has 1 aromatic carbocycles. The number of ether oxygens (including phenoxy) is 2. The number of aldehydes is 1. The van der Waals surface area contributed by atoms with Crippen molar-refractivity contribution in [2.24, 2.45) is 5.73 Å². The Balaban J connectivity index is 3.36. The highest BCUT2D eigenvalue weighted by molar-refractivity contribution is 6.00. The first-order chi connectivity index (χ1) is 7.67. The fraction of sp³-hybridized carbons (Fsp3) is 0.273. The van der Waals surface area contributed by atoms with Crippen LogP contribution in [0.3, 0.4) is 0 Å². The third-order valence-corrected chi connectivity index (χ3v) is 2.14. The maximum Gasteiger partial charge on any atom is 0.176 e. The third kappa shape index (κ3) is 2.20. The van der Waals surface area contributed by atoms with Gasteiger partial charge in [0.1, 0.15) is 0 Å². The SMILES string of the molecule is COc1cc(C(=O)CN)cc(C=O)c1OC. The van der Waals surface area contributed by atoms with E-state index in [9.17, 15) is 9.59 Å². The van der Waals surface area contributed by atoms with E-state index >= 15 is 0 Å². The molecule has 2 N–H and O–H groups in total. The molecule has 0 aliphatic rings. The first kappa shape index (κ1) is 12.2. The predicted molar refractivity (Wildman–Crippen MR) is 58.3 cm³/mol. The van der Waals surface area contributed by atoms with Crippen LogP contribution in [0.25, 0.3) is 0 Å². The van der Waals surface area contributed by atoms with Gasteiger partial charge in [0.05, 0.1) is 26.3 Å². The van der Waals surface area contributed by atoms with Crippen LogP contribution in [0.15, 0.2) is 12.1 Å². The van der Waals surface area contributed by atoms with Crippen molar-refractivity contribution in [3.05, 3.63) is 23.3 Å². The van der Waals surface area contributed by atoms with Crippen LogP contribution in [0.5, 0.6) is 11.5 Å². The predicted octanol–water partition coefficient (Wildman–Crippen LogP) is 0.658. The lowest BCUT2D eigenvalue weighted by atomic mass is 10.1. The first-order valence-electron chi connectivity index (χ1n) is 4.62. The zero-order valence-electron chi connectivity index (χ0n) is 9.15. The molecule has 0 saturated carbocycles. The summed E-state index contributed by atoms with van der Waals surface area (Å²) in [4.78, 5) is 22.3. The highest BCUT2D eigenvalue weighted by Gasteiger charge is 2.14. The number of carbonyl (C=O) groups excluding carboxylic acids is 2. The largest absolute Gasteiger partial charge is 0.493 e. The molecule has 0 spiro atoms. The van der Waals surface area contributed by atoms with Crippen LogP contribution in [0.1, 0.15) is 20.7 Å². The van der Waals surface area contributed by atoms with Gasteiger partial charge in [0.25, 0.3) is 0 Å². The van der Waals surface area contributed by atoms with Crippen LogP contribution < -0.4 is 15.2 Å². The molecule has 16 heavy (non-hydrogen) atoms. The van der Waals surface area contributed by atoms with Gasteiger partial charge in [0.15, 0.2) is 23.6 Å². The van der Waals surface area contributed by atoms with E-state index < -0.39 is 0 Å². The van der Waals surface area contributed by atoms with Crippen molar-refractivity contribution in [2.45, 2.75) is 0 Å². The maximum absolute atomic E-state index is 11.4. The molecule has 1 aromatic rings. The van der Waals surface area contributed by atoms with Gasteiger partial charge in [-0.15, -0.1) is 0 Å². The number of nitrogens with two attached hydrogens (primary N) is 1. The number of methoxy groups -OCH3 is 2. The van der Waals surface area contributed by atoms with Crippen molar-refractivity contribution in [1.29, 1.82) is 0 Å². The molecule has 0 unspecified atom stereocenters. The number of benzene rings is 1. The zero-order chi connectivity index (χ0) is 12.1. The quantitative estimate of drug-likeness (QED) is 0.586. The van der Waals surface area contributed by atoms with Crippen molar-refractivity contribution in [3.8, 4) is 11.5 Å². The molecule has 5 nitrogen and oxygen atoms in total. The van der Waals surface area contributed by atoms with Crippen LogP contribution in [0.4, 0.5) is 0 Å². The molecule has 0 bridgehead atoms. The summed E-state index contributed by atoms with van der Waals surface area (Å²) >= 11 is 0. The van der Waals surface area contributed by atoms with Crippen molar-refractivity contribution < 1.29 is 19.1 Å². The van der Waals surface area contributed by atoms with Gasteiger partial charge in [0, 0.05) is 5.56 Å². The molecule has 0 radical (unpaired) electrons. The minimum atomic E-state index is -0.260. The topological polar surface area (TPSA) is 78.6 Å². The molecule has 0 heterocycles. The summed E-state index contributed by atoms with van der Waals surface area (Å²) in [6.45, 7) is -0.117. The minimum absolute atomic E-state index is 0.117. The van der Waals surface area contributed by atoms with Gasteiger partial charge in [-0.2, -0.15) is 0 Å². The molecule has 5 heteroatoms. The first-order valence-corrected chi connectivity index (χ1v) is 4.62. The number of carbonyl (C=O) groups is 2. The lowest BCUT2D eigenvalue weighted by Gasteiger charge is -2.11. The lowest BCUT2D eigenvalue weighted by Crippen LogP contribution is -2.14. The van der Waals surface area contributed by atoms with E-state index in [2.05, 4.69) is 0 Å². The van der Waals surface area contributed by atoms with E-state index in [0.29, 0.717) is 23.3 Å². The van der Waals surface area contributed by atoms with Crippen LogP contribution >= 0.6 is 0 Å². The Morgan fingerprint density at radius 2 is 2.06 bits per heavy atom. The zero-order valence-corrected chi connectivity index (χ0v) is 9.15. The third-order valence-electron chi connectivity index (χ3n) is 2.14. The molecule has 0 amide bonds. The number of Topliss-reactive ketones (excluding diaryl/α,β-unsaturated/α-hetero) is 1. The molecule has 0 atom stereocenters. The molecule has 0 aliphatic heterocycles. The Morgan fingerprint density at radius 3 is 2.50 bits per heavy atom. The number of hydrogen-bond donors (Lipinski definition) is 1. The smallest absolute Gasteiger partial charge is 0.176 e. The van der Waals surface area contributed by atoms with Crippen LogP contribution in [0, 0.1) is 0 Å². The average molecular weight is 223 g/mol. The second-order valence-electron chi connectivity index (χ2n) is 3.05. The second-order valence-corrected chi connectivity index (χ2v) is 3.05. The number of ketones is 1. The average Bonchev–Trinajstić information content (AvgIpc) is 2.35. The van der Waals surface area contributed by atoms with Gasteiger partial charge < -0.3 is 15.2 Å². The Kier molecular flexibility index (Phi) is 4.02. The number of hydrogen-bond acceptors (Lipinski definition) is 5. The Bertz CT molecular complexity index is 415. The maximum atomic E-state index is 11.4. The monoisotopic (exact) mass is 223 g/mol. The minimum Gasteiger partial charge on any atom is -0.493 e. The van der Waals surface area contributed by atoms with Crippen LogP contribution in [0.2, 0.25) is 0 Å². The Morgan fingerprint density at radius 1 is 1.38 bits per heavy atom. The summed E-state index contributed by atoms with van der Waals surface area (Å²) in [5, 5.41) is 0. The highest BCUT2D eigenvalue weighted by Crippen LogP contribution is 2.31. The summed E-state index contributed by atoms with van der Waals surface area (Å²) in [5.41, 5.74) is 5.85. The molecular formula is C11H13NO4. The highest BCUT2D eigenvalue weighted by atomic mass is 16.5. The van der Waals surface area contributed by atoms with Gasteiger partial charge in [-0.05, 0) is 12.1 Å². The van der Waals surface area contributed by atoms with E-state index in [0.717, 1.165) is 0 Å². The molecule has 1 rings (SSSR count). The van der Waals surface area contributed by atoms with Gasteiger partial charge in [-0.25, -0.2) is 0 Å². The molecule has 0 aliphatic carbocycles. The van der Waals surface area contributed by atoms with Gasteiger partial charge >= 0.3 is 0 Å². The normalized spacial score (nSPS) is 9.69. The van der Waals surface area contributed by atoms with E-state index in [1.165, 1.54) is 26.4 Å². The summed E-state index contributed by atoms with van der Waals surface area (Å²) in [6.07, 6.45) is 0.606. The standard InChI is InChI=1S/C11H13NO4/c1-15-10-4-7(9(14)5-12)3-8(6-13)11(10)16-2/h3-4,6H,5,12H2,1-2H3. The lowest BCUT2D eigenvalue weighted by molar-refractivity contribution is 0.100. The fourth-order valence-corrected chi connectivity index (χ4v) is 1.36. The Hall–Kier alpha value is -1.88. The fourth-order valence-electron chi connectivity index (χ4n) is 1.36. The van der Waals surface area contributed by atoms with E-state index in [1.807, 2.05) is 0 Å². The van der Waals surface area contributed by atoms with Gasteiger partial charge in [0.2, 0.25) is 0 Å². The van der Waals surface area contributed by atoms with E-state index in [-0.39, 0.29) is 17.9 Å². The van der Waals surface area contributed by atoms with Gasteiger partial charge in [-0.1, -0.05) is 0 Å². The van der Waals surface area contributed by atoms with Crippen LogP contribution in [-0.4, -0.2) is 32.8 Å². The molecule has 0 fully saturated rings. The van der Waals surface area contributed by atoms with Crippen molar-refractivity contribution in [1.82, 2.24) is 0 Å².